The first-order valence-corrected chi connectivity index (χ1v) is 4.56. The number of benzene rings is 1. The van der Waals surface area contributed by atoms with E-state index in [0.29, 0.717) is 6.42 Å². The van der Waals surface area contributed by atoms with Gasteiger partial charge in [-0.25, -0.2) is 0 Å². The lowest BCUT2D eigenvalue weighted by Gasteiger charge is -2.20. The van der Waals surface area contributed by atoms with Crippen molar-refractivity contribution in [2.45, 2.75) is 25.8 Å². The van der Waals surface area contributed by atoms with Crippen LogP contribution in [0.4, 0.5) is 0 Å². The first-order chi connectivity index (χ1) is 6.42. The van der Waals surface area contributed by atoms with Crippen LogP contribution in [0.5, 0.6) is 0 Å². The van der Waals surface area contributed by atoms with Gasteiger partial charge in [0.2, 0.25) is 5.91 Å². The molecule has 0 heterocycles. The molecule has 0 aliphatic rings. The van der Waals surface area contributed by atoms with Gasteiger partial charge in [0.15, 0.2) is 0 Å². The first-order valence-electron chi connectivity index (χ1n) is 4.56. The van der Waals surface area contributed by atoms with Crippen molar-refractivity contribution < 1.29 is 4.79 Å². The molecule has 1 atom stereocenters. The lowest BCUT2D eigenvalue weighted by molar-refractivity contribution is -0.122. The fourth-order valence-electron chi connectivity index (χ4n) is 1.22. The molecular formula is C11H17BrN2O. The lowest BCUT2D eigenvalue weighted by atomic mass is 9.93. The van der Waals surface area contributed by atoms with Gasteiger partial charge in [-0.05, 0) is 25.8 Å². The van der Waals surface area contributed by atoms with Crippen LogP contribution in [-0.2, 0) is 11.2 Å². The van der Waals surface area contributed by atoms with Gasteiger partial charge in [-0.15, -0.1) is 17.0 Å². The largest absolute Gasteiger partial charge is 0.368 e. The van der Waals surface area contributed by atoms with Gasteiger partial charge in [0.05, 0.1) is 5.54 Å². The molecule has 3 nitrogen and oxygen atoms in total. The molecule has 0 fully saturated rings. The van der Waals surface area contributed by atoms with Crippen LogP contribution < -0.4 is 11.5 Å². The highest BCUT2D eigenvalue weighted by atomic mass is 79.9. The van der Waals surface area contributed by atoms with Crippen molar-refractivity contribution >= 4 is 22.9 Å². The Hall–Kier alpha value is -0.870. The zero-order valence-electron chi connectivity index (χ0n) is 8.99. The molecule has 0 aliphatic heterocycles. The summed E-state index contributed by atoms with van der Waals surface area (Å²) in [4.78, 5) is 11.0. The molecule has 0 spiro atoms. The summed E-state index contributed by atoms with van der Waals surface area (Å²) in [7, 11) is 0. The van der Waals surface area contributed by atoms with Crippen molar-refractivity contribution in [2.24, 2.45) is 11.5 Å². The molecule has 0 radical (unpaired) electrons. The minimum Gasteiger partial charge on any atom is -0.368 e. The Morgan fingerprint density at radius 1 is 1.33 bits per heavy atom. The summed E-state index contributed by atoms with van der Waals surface area (Å²) in [5.41, 5.74) is 12.2. The van der Waals surface area contributed by atoms with E-state index in [4.69, 9.17) is 11.5 Å². The van der Waals surface area contributed by atoms with E-state index < -0.39 is 11.4 Å². The number of nitrogens with two attached hydrogens (primary N) is 2. The predicted molar refractivity (Wildman–Crippen MR) is 67.0 cm³/mol. The van der Waals surface area contributed by atoms with E-state index in [2.05, 4.69) is 0 Å². The molecule has 0 aromatic heterocycles. The Morgan fingerprint density at radius 2 is 1.80 bits per heavy atom. The van der Waals surface area contributed by atoms with Gasteiger partial charge in [0.25, 0.3) is 0 Å². The molecule has 0 saturated heterocycles. The minimum atomic E-state index is -0.963. The topological polar surface area (TPSA) is 69.1 Å². The first kappa shape index (κ1) is 14.1. The van der Waals surface area contributed by atoms with Crippen molar-refractivity contribution in [3.63, 3.8) is 0 Å². The average Bonchev–Trinajstić information content (AvgIpc) is 2.08. The fraction of sp³-hybridized carbons (Fsp3) is 0.364. The number of hydrogen-bond donors (Lipinski definition) is 2. The number of rotatable bonds is 3. The molecule has 1 amide bonds. The maximum Gasteiger partial charge on any atom is 0.237 e. The lowest BCUT2D eigenvalue weighted by Crippen LogP contribution is -2.51. The molecule has 84 valence electrons. The van der Waals surface area contributed by atoms with Crippen molar-refractivity contribution in [3.8, 4) is 0 Å². The molecule has 0 aliphatic carbocycles. The Balaban J connectivity index is 0.00000196. The van der Waals surface area contributed by atoms with Crippen LogP contribution >= 0.6 is 17.0 Å². The number of hydrogen-bond acceptors (Lipinski definition) is 2. The van der Waals surface area contributed by atoms with E-state index in [9.17, 15) is 4.79 Å². The molecule has 0 saturated carbocycles. The molecule has 1 aromatic rings. The second-order valence-electron chi connectivity index (χ2n) is 3.94. The molecule has 4 N–H and O–H groups in total. The van der Waals surface area contributed by atoms with E-state index in [1.165, 1.54) is 5.56 Å². The second-order valence-corrected chi connectivity index (χ2v) is 3.94. The normalized spacial score (nSPS) is 13.8. The highest BCUT2D eigenvalue weighted by molar-refractivity contribution is 8.93. The molecule has 15 heavy (non-hydrogen) atoms. The number of amides is 1. The van der Waals surface area contributed by atoms with E-state index in [-0.39, 0.29) is 17.0 Å². The third-order valence-electron chi connectivity index (χ3n) is 2.25. The highest BCUT2D eigenvalue weighted by Gasteiger charge is 2.25. The molecular weight excluding hydrogens is 256 g/mol. The summed E-state index contributed by atoms with van der Waals surface area (Å²) < 4.78 is 0. The van der Waals surface area contributed by atoms with Crippen LogP contribution in [0.3, 0.4) is 0 Å². The Labute approximate surface area is 101 Å². The summed E-state index contributed by atoms with van der Waals surface area (Å²) in [6.07, 6.45) is 0.475. The summed E-state index contributed by atoms with van der Waals surface area (Å²) in [5, 5.41) is 0. The van der Waals surface area contributed by atoms with Crippen molar-refractivity contribution in [1.29, 1.82) is 0 Å². The third-order valence-corrected chi connectivity index (χ3v) is 2.25. The third kappa shape index (κ3) is 4.01. The van der Waals surface area contributed by atoms with E-state index in [1.807, 2.05) is 31.2 Å². The van der Waals surface area contributed by atoms with Crippen LogP contribution in [0.2, 0.25) is 0 Å². The Bertz CT molecular complexity index is 333. The number of carbonyl (C=O) groups excluding carboxylic acids is 1. The van der Waals surface area contributed by atoms with Crippen LogP contribution in [0, 0.1) is 6.92 Å². The van der Waals surface area contributed by atoms with E-state index in [1.54, 1.807) is 6.92 Å². The molecule has 4 heteroatoms. The number of halogens is 1. The maximum atomic E-state index is 11.0. The zero-order chi connectivity index (χ0) is 10.8. The molecule has 0 bridgehead atoms. The molecule has 0 unspecified atom stereocenters. The van der Waals surface area contributed by atoms with Crippen LogP contribution in [-0.4, -0.2) is 11.4 Å². The summed E-state index contributed by atoms with van der Waals surface area (Å²) in [5.74, 6) is -0.474. The Morgan fingerprint density at radius 3 is 2.20 bits per heavy atom. The quantitative estimate of drug-likeness (QED) is 0.872. The van der Waals surface area contributed by atoms with E-state index >= 15 is 0 Å². The standard InChI is InChI=1S/C11H16N2O.BrH/c1-8-3-5-9(6-4-8)7-11(2,13)10(12)14;/h3-6H,7,13H2,1-2H3,(H2,12,14);1H/t11-;/m0./s1. The minimum absolute atomic E-state index is 0. The van der Waals surface area contributed by atoms with Crippen molar-refractivity contribution in [3.05, 3.63) is 35.4 Å². The summed E-state index contributed by atoms with van der Waals surface area (Å²) in [6, 6.07) is 7.91. The monoisotopic (exact) mass is 272 g/mol. The van der Waals surface area contributed by atoms with Gasteiger partial charge in [-0.3, -0.25) is 4.79 Å². The van der Waals surface area contributed by atoms with Gasteiger partial charge in [0, 0.05) is 0 Å². The van der Waals surface area contributed by atoms with Crippen molar-refractivity contribution in [2.75, 3.05) is 0 Å². The van der Waals surface area contributed by atoms with Crippen molar-refractivity contribution in [1.82, 2.24) is 0 Å². The number of aryl methyl sites for hydroxylation is 1. The second kappa shape index (κ2) is 5.28. The number of carbonyl (C=O) groups is 1. The summed E-state index contributed by atoms with van der Waals surface area (Å²) in [6.45, 7) is 3.66. The van der Waals surface area contributed by atoms with E-state index in [0.717, 1.165) is 5.56 Å². The summed E-state index contributed by atoms with van der Waals surface area (Å²) >= 11 is 0. The van der Waals surface area contributed by atoms with Crippen LogP contribution in [0.25, 0.3) is 0 Å². The van der Waals surface area contributed by atoms with Gasteiger partial charge in [-0.1, -0.05) is 29.8 Å². The average molecular weight is 273 g/mol. The molecule has 1 aromatic carbocycles. The van der Waals surface area contributed by atoms with Gasteiger partial charge >= 0.3 is 0 Å². The maximum absolute atomic E-state index is 11.0. The smallest absolute Gasteiger partial charge is 0.237 e. The van der Waals surface area contributed by atoms with Gasteiger partial charge in [-0.2, -0.15) is 0 Å². The van der Waals surface area contributed by atoms with Gasteiger partial charge in [0.1, 0.15) is 0 Å². The van der Waals surface area contributed by atoms with Gasteiger partial charge < -0.3 is 11.5 Å². The molecule has 1 rings (SSSR count). The Kier molecular flexibility index (Phi) is 4.97. The fourth-order valence-corrected chi connectivity index (χ4v) is 1.22. The zero-order valence-corrected chi connectivity index (χ0v) is 10.7. The predicted octanol–water partition coefficient (Wildman–Crippen LogP) is 1.32. The van der Waals surface area contributed by atoms with Crippen LogP contribution in [0.1, 0.15) is 18.1 Å². The SMILES string of the molecule is Br.Cc1ccc(C[C@](C)(N)C(N)=O)cc1. The highest BCUT2D eigenvalue weighted by Crippen LogP contribution is 2.11. The van der Waals surface area contributed by atoms with Crippen LogP contribution in [0.15, 0.2) is 24.3 Å². The number of primary amides is 1.